The number of fused-ring (bicyclic) bond motifs is 5. The third-order valence-corrected chi connectivity index (χ3v) is 25.6. The monoisotopic (exact) mass is 902 g/mol. The number of allylic oxidation sites excluding steroid dienone is 8. The van der Waals surface area contributed by atoms with Crippen molar-refractivity contribution >= 4 is 47.3 Å². The maximum Gasteiger partial charge on any atom is -1.00 e. The first-order chi connectivity index (χ1) is 26.2. The van der Waals surface area contributed by atoms with E-state index in [0.29, 0.717) is 0 Å². The summed E-state index contributed by atoms with van der Waals surface area (Å²) in [4.78, 5) is 0. The molecule has 0 amide bonds. The molecule has 0 aromatic heterocycles. The second-order valence-corrected chi connectivity index (χ2v) is 27.2. The van der Waals surface area contributed by atoms with Gasteiger partial charge < -0.3 is 24.8 Å². The van der Waals surface area contributed by atoms with Gasteiger partial charge in [-0.25, -0.2) is 0 Å². The molecular formula is C52H48Cl4Zr. The summed E-state index contributed by atoms with van der Waals surface area (Å²) < 4.78 is 7.35. The molecule has 5 aromatic carbocycles. The molecule has 0 saturated heterocycles. The van der Waals surface area contributed by atoms with Crippen molar-refractivity contribution in [1.29, 1.82) is 0 Å². The van der Waals surface area contributed by atoms with Crippen LogP contribution in [0.3, 0.4) is 0 Å². The van der Waals surface area contributed by atoms with Crippen LogP contribution in [-0.4, -0.2) is 7.42 Å². The Kier molecular flexibility index (Phi) is 11.2. The van der Waals surface area contributed by atoms with Gasteiger partial charge in [-0.1, -0.05) is 0 Å². The van der Waals surface area contributed by atoms with Gasteiger partial charge in [0.05, 0.1) is 0 Å². The van der Waals surface area contributed by atoms with E-state index in [1.165, 1.54) is 83.5 Å². The fourth-order valence-corrected chi connectivity index (χ4v) is 25.0. The van der Waals surface area contributed by atoms with E-state index in [1.54, 1.807) is 3.28 Å². The van der Waals surface area contributed by atoms with Crippen LogP contribution in [0.2, 0.25) is 10.0 Å². The Morgan fingerprint density at radius 2 is 1.02 bits per heavy atom. The minimum absolute atomic E-state index is 0. The van der Waals surface area contributed by atoms with Gasteiger partial charge in [0, 0.05) is 0 Å². The molecule has 57 heavy (non-hydrogen) atoms. The van der Waals surface area contributed by atoms with Crippen molar-refractivity contribution < 1.29 is 44.1 Å². The van der Waals surface area contributed by atoms with E-state index in [9.17, 15) is 0 Å². The molecule has 288 valence electrons. The van der Waals surface area contributed by atoms with Crippen LogP contribution in [0.5, 0.6) is 0 Å². The fraction of sp³-hybridized carbons (Fsp3) is 0.231. The minimum Gasteiger partial charge on any atom is -1.00 e. The number of halogens is 4. The van der Waals surface area contributed by atoms with Crippen molar-refractivity contribution in [1.82, 2.24) is 0 Å². The number of rotatable bonds is 5. The standard InChI is InChI=1S/C25H25.C13H13.2C7H5Cl.2ClH.Zr/c1-14-12-24(3,4)22-8-16-7-17-9-23-19(15(2)13-25(23,5)6)11-21(17)20(16)10-18(14)22;1-10-8-11(2)13(9-10)12-6-4-3-5-7-12;2*1-6-2-4-7(8)5-3-6;;;/h7-13H,1-6H3;3-7,9-10H,1-2H3;2*1-5H;2*1H;/q;;;;;;+2/p-2. The van der Waals surface area contributed by atoms with E-state index in [1.807, 2.05) is 0 Å². The Bertz CT molecular complexity index is 2570. The van der Waals surface area contributed by atoms with Crippen molar-refractivity contribution in [3.05, 3.63) is 190 Å². The van der Waals surface area contributed by atoms with Crippen molar-refractivity contribution in [3.63, 3.8) is 0 Å². The molecule has 0 N–H and O–H groups in total. The molecule has 0 spiro atoms. The Morgan fingerprint density at radius 3 is 1.46 bits per heavy atom. The van der Waals surface area contributed by atoms with E-state index in [-0.39, 0.29) is 45.2 Å². The molecule has 4 aliphatic carbocycles. The summed E-state index contributed by atoms with van der Waals surface area (Å²) in [5.74, 6) is 0.259. The number of hydrogen-bond donors (Lipinski definition) is 0. The molecular weight excluding hydrogens is 858 g/mol. The second-order valence-electron chi connectivity index (χ2n) is 17.6. The van der Waals surface area contributed by atoms with Gasteiger partial charge in [-0.3, -0.25) is 0 Å². The largest absolute Gasteiger partial charge is 1.00 e. The fourth-order valence-electron chi connectivity index (χ4n) is 10.8. The number of hydrogen-bond acceptors (Lipinski definition) is 0. The van der Waals surface area contributed by atoms with Crippen molar-refractivity contribution in [2.24, 2.45) is 5.92 Å². The predicted octanol–water partition coefficient (Wildman–Crippen LogP) is 8.32. The Hall–Kier alpha value is -3.16. The van der Waals surface area contributed by atoms with Crippen LogP contribution >= 0.6 is 23.2 Å². The first kappa shape index (κ1) is 42.0. The summed E-state index contributed by atoms with van der Waals surface area (Å²) >= 11 is 8.97. The molecule has 0 bridgehead atoms. The second kappa shape index (κ2) is 15.1. The average molecular weight is 906 g/mol. The topological polar surface area (TPSA) is 0 Å². The van der Waals surface area contributed by atoms with Crippen LogP contribution in [0.4, 0.5) is 0 Å². The Labute approximate surface area is 365 Å². The summed E-state index contributed by atoms with van der Waals surface area (Å²) in [6.07, 6.45) is 7.49. The summed E-state index contributed by atoms with van der Waals surface area (Å²) in [6, 6.07) is 38.6. The van der Waals surface area contributed by atoms with Gasteiger partial charge in [0.2, 0.25) is 0 Å². The summed E-state index contributed by atoms with van der Waals surface area (Å²) in [7, 11) is 0. The van der Waals surface area contributed by atoms with Crippen molar-refractivity contribution in [2.75, 3.05) is 0 Å². The smallest absolute Gasteiger partial charge is 1.00 e. The van der Waals surface area contributed by atoms with Gasteiger partial charge in [0.1, 0.15) is 0 Å². The molecule has 0 aliphatic heterocycles. The molecule has 1 atom stereocenters. The van der Waals surface area contributed by atoms with Gasteiger partial charge in [-0.2, -0.15) is 0 Å². The predicted molar refractivity (Wildman–Crippen MR) is 237 cm³/mol. The van der Waals surface area contributed by atoms with Crippen LogP contribution < -0.4 is 24.8 Å². The summed E-state index contributed by atoms with van der Waals surface area (Å²) in [5.41, 5.74) is 20.7. The van der Waals surface area contributed by atoms with Gasteiger partial charge in [-0.05, 0) is 0 Å². The van der Waals surface area contributed by atoms with Crippen LogP contribution in [-0.2, 0) is 30.1 Å². The van der Waals surface area contributed by atoms with Gasteiger partial charge in [0.25, 0.3) is 0 Å². The van der Waals surface area contributed by atoms with Crippen molar-refractivity contribution in [3.8, 4) is 11.1 Å². The molecule has 0 fully saturated rings. The molecule has 5 aromatic rings. The zero-order valence-electron chi connectivity index (χ0n) is 33.9. The van der Waals surface area contributed by atoms with E-state index < -0.39 is 19.3 Å². The summed E-state index contributed by atoms with van der Waals surface area (Å²) in [5, 5.41) is 1.52. The van der Waals surface area contributed by atoms with Crippen LogP contribution in [0.15, 0.2) is 130 Å². The molecule has 0 heterocycles. The van der Waals surface area contributed by atoms with E-state index in [2.05, 4.69) is 184 Å². The Morgan fingerprint density at radius 1 is 0.579 bits per heavy atom. The average Bonchev–Trinajstić information content (AvgIpc) is 3.79. The number of benzene rings is 5. The molecule has 9 rings (SSSR count). The van der Waals surface area contributed by atoms with Crippen LogP contribution in [0, 0.1) is 5.92 Å². The maximum atomic E-state index is 6.59. The van der Waals surface area contributed by atoms with E-state index >= 15 is 0 Å². The zero-order valence-corrected chi connectivity index (χ0v) is 39.4. The molecule has 5 heteroatoms. The van der Waals surface area contributed by atoms with E-state index in [0.717, 1.165) is 10.0 Å². The maximum absolute atomic E-state index is 6.59. The van der Waals surface area contributed by atoms with Crippen molar-refractivity contribution in [2.45, 2.75) is 69.8 Å². The molecule has 0 nitrogen and oxygen atoms in total. The molecule has 1 unspecified atom stereocenters. The van der Waals surface area contributed by atoms with Crippen LogP contribution in [0.25, 0.3) is 27.8 Å². The summed E-state index contributed by atoms with van der Waals surface area (Å²) in [6.45, 7) is 19.0. The zero-order chi connectivity index (χ0) is 38.6. The normalized spacial score (nSPS) is 17.8. The van der Waals surface area contributed by atoms with Crippen LogP contribution in [0.1, 0.15) is 109 Å². The molecule has 0 radical (unpaired) electrons. The Balaban J connectivity index is 0.00000248. The molecule has 4 aliphatic rings. The van der Waals surface area contributed by atoms with Gasteiger partial charge in [0.15, 0.2) is 0 Å². The third kappa shape index (κ3) is 6.89. The quantitative estimate of drug-likeness (QED) is 0.167. The molecule has 0 saturated carbocycles. The minimum atomic E-state index is -4.20. The van der Waals surface area contributed by atoms with E-state index in [4.69, 9.17) is 23.2 Å². The third-order valence-electron chi connectivity index (χ3n) is 12.9. The van der Waals surface area contributed by atoms with Gasteiger partial charge in [-0.15, -0.1) is 0 Å². The SMILES string of the molecule is CC1=CC(C)(C)c2cc3c(cc21)-c1cc2c(cc1[CH]3[Zr+2](=[CH]c1ccc(Cl)cc1)(=[CH]c1ccc(Cl)cc1)[C]1=C(C)C(c3ccccc3)=CC1C)C(C)(C)C=C2C.[Cl-].[Cl-]. The van der Waals surface area contributed by atoms with Gasteiger partial charge >= 0.3 is 344 Å². The first-order valence-electron chi connectivity index (χ1n) is 19.7. The first-order valence-corrected chi connectivity index (χ1v) is 25.9.